The van der Waals surface area contributed by atoms with Crippen molar-refractivity contribution in [2.75, 3.05) is 7.11 Å². The number of ether oxygens (including phenoxy) is 2. The van der Waals surface area contributed by atoms with Crippen LogP contribution in [0.4, 0.5) is 9.18 Å². The van der Waals surface area contributed by atoms with Gasteiger partial charge in [0.1, 0.15) is 16.9 Å². The van der Waals surface area contributed by atoms with Gasteiger partial charge in [-0.3, -0.25) is 4.57 Å². The fourth-order valence-electron chi connectivity index (χ4n) is 5.15. The van der Waals surface area contributed by atoms with Crippen molar-refractivity contribution < 1.29 is 23.5 Å². The molecule has 1 aliphatic carbocycles. The first kappa shape index (κ1) is 24.2. The number of aryl methyl sites for hydroxylation is 1. The summed E-state index contributed by atoms with van der Waals surface area (Å²) >= 11 is 0. The highest BCUT2D eigenvalue weighted by Crippen LogP contribution is 2.39. The molecule has 1 saturated carbocycles. The smallest absolute Gasteiger partial charge is 0.418 e. The zero-order valence-electron chi connectivity index (χ0n) is 22.0. The number of halogens is 1. The molecule has 1 aliphatic rings. The Morgan fingerprint density at radius 2 is 1.87 bits per heavy atom. The second kappa shape index (κ2) is 8.44. The highest BCUT2D eigenvalue weighted by Gasteiger charge is 2.28. The molecule has 196 valence electrons. The van der Waals surface area contributed by atoms with Gasteiger partial charge in [-0.15, -0.1) is 0 Å². The predicted octanol–water partition coefficient (Wildman–Crippen LogP) is 6.27. The third kappa shape index (κ3) is 3.93. The van der Waals surface area contributed by atoms with Crippen molar-refractivity contribution in [1.29, 1.82) is 0 Å². The van der Waals surface area contributed by atoms with Crippen molar-refractivity contribution in [3.63, 3.8) is 0 Å². The summed E-state index contributed by atoms with van der Waals surface area (Å²) in [4.78, 5) is 29.7. The van der Waals surface area contributed by atoms with Crippen LogP contribution in [0.15, 0.2) is 42.6 Å². The summed E-state index contributed by atoms with van der Waals surface area (Å²) in [6.07, 6.45) is 3.60. The van der Waals surface area contributed by atoms with E-state index in [1.54, 1.807) is 23.9 Å². The van der Waals surface area contributed by atoms with Crippen molar-refractivity contribution >= 4 is 44.9 Å². The monoisotopic (exact) mass is 516 g/mol. The highest BCUT2D eigenvalue weighted by atomic mass is 19.1. The van der Waals surface area contributed by atoms with Gasteiger partial charge in [-0.1, -0.05) is 6.07 Å². The minimum atomic E-state index is -0.613. The molecule has 3 heterocycles. The van der Waals surface area contributed by atoms with E-state index in [2.05, 4.69) is 10.6 Å². The van der Waals surface area contributed by atoms with Gasteiger partial charge in [-0.05, 0) is 69.9 Å². The Labute approximate surface area is 218 Å². The van der Waals surface area contributed by atoms with Crippen LogP contribution in [-0.2, 0) is 23.1 Å². The standard InChI is InChI=1S/C29H29FN4O4/c1-29(2,3)38-28(36)33-11-10-19-22(33)9-8-17-14-23(34(24(17)19)15-16-6-7-16)26-31-21-13-18(27(35)37-5)12-20(30)25(21)32(26)4/h8-14,16H,6-7,15H2,1-5H3. The first-order valence-electron chi connectivity index (χ1n) is 12.7. The van der Waals surface area contributed by atoms with E-state index in [4.69, 9.17) is 14.5 Å². The van der Waals surface area contributed by atoms with Gasteiger partial charge in [0.25, 0.3) is 0 Å². The number of hydrogen-bond donors (Lipinski definition) is 0. The van der Waals surface area contributed by atoms with E-state index in [1.165, 1.54) is 17.7 Å². The number of rotatable bonds is 4. The molecule has 0 saturated heterocycles. The molecule has 38 heavy (non-hydrogen) atoms. The topological polar surface area (TPSA) is 80.3 Å². The quantitative estimate of drug-likeness (QED) is 0.263. The molecule has 2 aromatic carbocycles. The number of imidazole rings is 1. The lowest BCUT2D eigenvalue weighted by atomic mass is 10.2. The number of carbonyl (C=O) groups is 2. The Morgan fingerprint density at radius 3 is 2.55 bits per heavy atom. The van der Waals surface area contributed by atoms with Gasteiger partial charge >= 0.3 is 12.1 Å². The van der Waals surface area contributed by atoms with E-state index in [0.29, 0.717) is 22.8 Å². The van der Waals surface area contributed by atoms with Crippen LogP contribution in [0.1, 0.15) is 44.0 Å². The summed E-state index contributed by atoms with van der Waals surface area (Å²) in [5.74, 6) is -0.00837. The maximum absolute atomic E-state index is 15.1. The van der Waals surface area contributed by atoms with Gasteiger partial charge in [0.05, 0.1) is 34.9 Å². The van der Waals surface area contributed by atoms with E-state index >= 15 is 4.39 Å². The van der Waals surface area contributed by atoms with E-state index in [1.807, 2.05) is 39.0 Å². The van der Waals surface area contributed by atoms with Crippen LogP contribution in [0.25, 0.3) is 44.4 Å². The first-order chi connectivity index (χ1) is 18.1. The molecule has 0 atom stereocenters. The lowest BCUT2D eigenvalue weighted by molar-refractivity contribution is 0.0543. The number of aromatic nitrogens is 4. The van der Waals surface area contributed by atoms with Crippen LogP contribution in [0.5, 0.6) is 0 Å². The van der Waals surface area contributed by atoms with E-state index in [-0.39, 0.29) is 5.56 Å². The van der Waals surface area contributed by atoms with Crippen molar-refractivity contribution in [2.24, 2.45) is 13.0 Å². The van der Waals surface area contributed by atoms with Crippen LogP contribution in [0, 0.1) is 11.7 Å². The molecule has 0 aliphatic heterocycles. The summed E-state index contributed by atoms with van der Waals surface area (Å²) in [6.45, 7) is 6.32. The fourth-order valence-corrected chi connectivity index (χ4v) is 5.15. The van der Waals surface area contributed by atoms with Crippen molar-refractivity contribution in [2.45, 2.75) is 45.8 Å². The van der Waals surface area contributed by atoms with Gasteiger partial charge in [-0.25, -0.2) is 19.0 Å². The molecule has 0 amide bonds. The summed E-state index contributed by atoms with van der Waals surface area (Å²) in [5, 5.41) is 1.93. The number of carbonyl (C=O) groups excluding carboxylic acids is 2. The highest BCUT2D eigenvalue weighted by molar-refractivity contribution is 6.09. The number of nitrogens with zero attached hydrogens (tertiary/aromatic N) is 4. The number of benzene rings is 2. The maximum atomic E-state index is 15.1. The molecule has 0 bridgehead atoms. The van der Waals surface area contributed by atoms with Crippen LogP contribution in [0.2, 0.25) is 0 Å². The second-order valence-electron chi connectivity index (χ2n) is 11.0. The molecular formula is C29H29FN4O4. The fraction of sp³-hybridized carbons (Fsp3) is 0.345. The van der Waals surface area contributed by atoms with Gasteiger partial charge in [0, 0.05) is 30.6 Å². The minimum Gasteiger partial charge on any atom is -0.465 e. The number of fused-ring (bicyclic) bond motifs is 4. The molecule has 3 aromatic heterocycles. The zero-order chi connectivity index (χ0) is 26.9. The predicted molar refractivity (Wildman–Crippen MR) is 143 cm³/mol. The van der Waals surface area contributed by atoms with E-state index in [9.17, 15) is 9.59 Å². The van der Waals surface area contributed by atoms with Crippen molar-refractivity contribution in [3.05, 3.63) is 54.0 Å². The number of hydrogen-bond acceptors (Lipinski definition) is 5. The SMILES string of the molecule is COC(=O)c1cc(F)c2c(c1)nc(-c1cc3ccc4c(ccn4C(=O)OC(C)(C)C)c3n1CC1CC1)n2C. The molecular weight excluding hydrogens is 487 g/mol. The molecule has 0 spiro atoms. The van der Waals surface area contributed by atoms with Crippen molar-refractivity contribution in [1.82, 2.24) is 18.7 Å². The molecule has 0 unspecified atom stereocenters. The van der Waals surface area contributed by atoms with Crippen LogP contribution < -0.4 is 0 Å². The average Bonchev–Trinajstić information content (AvgIpc) is 3.29. The Kier molecular flexibility index (Phi) is 5.38. The molecule has 8 nitrogen and oxygen atoms in total. The Morgan fingerprint density at radius 1 is 1.11 bits per heavy atom. The van der Waals surface area contributed by atoms with E-state index < -0.39 is 23.5 Å². The van der Waals surface area contributed by atoms with Crippen LogP contribution >= 0.6 is 0 Å². The molecule has 5 aromatic rings. The number of esters is 1. The lowest BCUT2D eigenvalue weighted by Gasteiger charge is -2.19. The third-order valence-corrected chi connectivity index (χ3v) is 7.03. The summed E-state index contributed by atoms with van der Waals surface area (Å²) in [7, 11) is 3.04. The van der Waals surface area contributed by atoms with Gasteiger partial charge in [0.2, 0.25) is 0 Å². The minimum absolute atomic E-state index is 0.117. The summed E-state index contributed by atoms with van der Waals surface area (Å²) in [5.41, 5.74) is 2.81. The molecule has 6 rings (SSSR count). The first-order valence-corrected chi connectivity index (χ1v) is 12.7. The lowest BCUT2D eigenvalue weighted by Crippen LogP contribution is -2.26. The van der Waals surface area contributed by atoms with Gasteiger partial charge < -0.3 is 18.6 Å². The Hall–Kier alpha value is -4.14. The average molecular weight is 517 g/mol. The third-order valence-electron chi connectivity index (χ3n) is 7.03. The zero-order valence-corrected chi connectivity index (χ0v) is 22.0. The largest absolute Gasteiger partial charge is 0.465 e. The Bertz CT molecular complexity index is 1760. The maximum Gasteiger partial charge on any atom is 0.418 e. The normalized spacial score (nSPS) is 14.1. The molecule has 9 heteroatoms. The summed E-state index contributed by atoms with van der Waals surface area (Å²) in [6, 6.07) is 10.6. The van der Waals surface area contributed by atoms with E-state index in [0.717, 1.165) is 46.9 Å². The van der Waals surface area contributed by atoms with Gasteiger partial charge in [0.15, 0.2) is 5.82 Å². The molecule has 0 N–H and O–H groups in total. The molecule has 1 fully saturated rings. The van der Waals surface area contributed by atoms with Crippen LogP contribution in [0.3, 0.4) is 0 Å². The Balaban J connectivity index is 1.56. The molecule has 0 radical (unpaired) electrons. The van der Waals surface area contributed by atoms with Crippen LogP contribution in [-0.4, -0.2) is 43.5 Å². The summed E-state index contributed by atoms with van der Waals surface area (Å²) < 4.78 is 31.0. The second-order valence-corrected chi connectivity index (χ2v) is 11.0. The number of methoxy groups -OCH3 is 1. The van der Waals surface area contributed by atoms with Gasteiger partial charge in [-0.2, -0.15) is 0 Å². The van der Waals surface area contributed by atoms with Crippen molar-refractivity contribution in [3.8, 4) is 11.5 Å².